The number of hydrogen-bond acceptors (Lipinski definition) is 1. The Kier molecular flexibility index (Phi) is 3.16. The Balaban J connectivity index is 2.27. The van der Waals surface area contributed by atoms with E-state index in [4.69, 9.17) is 0 Å². The summed E-state index contributed by atoms with van der Waals surface area (Å²) in [5.41, 5.74) is 0. The van der Waals surface area contributed by atoms with Gasteiger partial charge in [-0.15, -0.1) is 6.54 Å². The highest BCUT2D eigenvalue weighted by atomic mass is 15.2. The van der Waals surface area contributed by atoms with Crippen LogP contribution in [0.5, 0.6) is 0 Å². The van der Waals surface area contributed by atoms with Crippen molar-refractivity contribution in [2.45, 2.75) is 25.8 Å². The van der Waals surface area contributed by atoms with E-state index in [0.29, 0.717) is 0 Å². The Labute approximate surface area is 63.6 Å². The Morgan fingerprint density at radius 2 is 2.40 bits per heavy atom. The van der Waals surface area contributed by atoms with Crippen LogP contribution in [0.2, 0.25) is 0 Å². The van der Waals surface area contributed by atoms with E-state index in [1.54, 1.807) is 0 Å². The van der Waals surface area contributed by atoms with Crippen LogP contribution < -0.4 is 0 Å². The summed E-state index contributed by atoms with van der Waals surface area (Å²) in [5, 5.41) is 4.17. The average molecular weight is 141 g/mol. The fourth-order valence-electron chi connectivity index (χ4n) is 1.73. The zero-order chi connectivity index (χ0) is 7.40. The molecule has 10 heavy (non-hydrogen) atoms. The van der Waals surface area contributed by atoms with Crippen molar-refractivity contribution in [3.8, 4) is 0 Å². The van der Waals surface area contributed by atoms with Gasteiger partial charge in [0.2, 0.25) is 0 Å². The first kappa shape index (κ1) is 8.02. The van der Waals surface area contributed by atoms with E-state index in [9.17, 15) is 0 Å². The van der Waals surface area contributed by atoms with Gasteiger partial charge in [-0.25, -0.2) is 0 Å². The summed E-state index contributed by atoms with van der Waals surface area (Å²) in [7, 11) is 1.91. The average Bonchev–Trinajstić information content (AvgIpc) is 2.36. The third kappa shape index (κ3) is 1.70. The second-order valence-electron chi connectivity index (χ2n) is 2.92. The molecule has 2 heteroatoms. The first-order chi connectivity index (χ1) is 4.88. The van der Waals surface area contributed by atoms with Gasteiger partial charge < -0.3 is 10.2 Å². The van der Waals surface area contributed by atoms with Crippen molar-refractivity contribution in [1.82, 2.24) is 4.90 Å². The maximum atomic E-state index is 4.17. The van der Waals surface area contributed by atoms with Gasteiger partial charge in [0, 0.05) is 0 Å². The predicted molar refractivity (Wildman–Crippen MR) is 44.4 cm³/mol. The summed E-state index contributed by atoms with van der Waals surface area (Å²) in [5.74, 6) is 0. The molecule has 2 nitrogen and oxygen atoms in total. The molecular formula is C8H17N2-. The lowest BCUT2D eigenvalue weighted by atomic mass is 10.2. The molecule has 1 unspecified atom stereocenters. The number of nitrogens with zero attached hydrogens (tertiary/aromatic N) is 2. The van der Waals surface area contributed by atoms with Gasteiger partial charge in [0.25, 0.3) is 0 Å². The second-order valence-corrected chi connectivity index (χ2v) is 2.92. The highest BCUT2D eigenvalue weighted by molar-refractivity contribution is 4.87. The Morgan fingerprint density at radius 3 is 3.00 bits per heavy atom. The van der Waals surface area contributed by atoms with Gasteiger partial charge in [-0.2, -0.15) is 7.05 Å². The lowest BCUT2D eigenvalue weighted by Gasteiger charge is -2.27. The summed E-state index contributed by atoms with van der Waals surface area (Å²) in [6, 6.07) is 0.759. The summed E-state index contributed by atoms with van der Waals surface area (Å²) in [4.78, 5) is 2.52. The molecular weight excluding hydrogens is 124 g/mol. The molecule has 1 heterocycles. The molecule has 0 aromatic heterocycles. The minimum Gasteiger partial charge on any atom is -0.664 e. The van der Waals surface area contributed by atoms with Crippen molar-refractivity contribution in [2.24, 2.45) is 0 Å². The molecule has 0 aromatic rings. The molecule has 0 aromatic carbocycles. The zero-order valence-corrected chi connectivity index (χ0v) is 7.01. The molecule has 0 amide bonds. The van der Waals surface area contributed by atoms with Crippen LogP contribution in [0, 0.1) is 0 Å². The van der Waals surface area contributed by atoms with Gasteiger partial charge in [0.05, 0.1) is 0 Å². The SMILES string of the molecule is CCN1CCCC1C[N-]C. The topological polar surface area (TPSA) is 17.3 Å². The van der Waals surface area contributed by atoms with Crippen LogP contribution in [0.1, 0.15) is 19.8 Å². The minimum absolute atomic E-state index is 0.759. The van der Waals surface area contributed by atoms with E-state index in [-0.39, 0.29) is 0 Å². The van der Waals surface area contributed by atoms with Crippen molar-refractivity contribution < 1.29 is 0 Å². The molecule has 60 valence electrons. The normalized spacial score (nSPS) is 27.6. The number of rotatable bonds is 3. The van der Waals surface area contributed by atoms with E-state index in [1.165, 1.54) is 25.9 Å². The molecule has 1 aliphatic rings. The number of hydrogen-bond donors (Lipinski definition) is 0. The van der Waals surface area contributed by atoms with Crippen LogP contribution in [-0.4, -0.2) is 37.6 Å². The fraction of sp³-hybridized carbons (Fsp3) is 1.00. The summed E-state index contributed by atoms with van der Waals surface area (Å²) in [6.07, 6.45) is 2.72. The maximum absolute atomic E-state index is 4.17. The van der Waals surface area contributed by atoms with Crippen LogP contribution in [-0.2, 0) is 0 Å². The van der Waals surface area contributed by atoms with Crippen molar-refractivity contribution >= 4 is 0 Å². The molecule has 0 aliphatic carbocycles. The van der Waals surface area contributed by atoms with Gasteiger partial charge in [0.15, 0.2) is 0 Å². The van der Waals surface area contributed by atoms with Gasteiger partial charge >= 0.3 is 0 Å². The van der Waals surface area contributed by atoms with E-state index in [2.05, 4.69) is 17.1 Å². The minimum atomic E-state index is 0.759. The zero-order valence-electron chi connectivity index (χ0n) is 7.01. The lowest BCUT2D eigenvalue weighted by molar-refractivity contribution is 0.279. The first-order valence-corrected chi connectivity index (χ1v) is 4.18. The molecule has 1 aliphatic heterocycles. The molecule has 1 rings (SSSR count). The summed E-state index contributed by atoms with van der Waals surface area (Å²) >= 11 is 0. The number of likely N-dealkylation sites (N-methyl/N-ethyl adjacent to an activating group) is 2. The molecule has 0 bridgehead atoms. The van der Waals surface area contributed by atoms with Crippen molar-refractivity contribution in [3.63, 3.8) is 0 Å². The van der Waals surface area contributed by atoms with E-state index in [0.717, 1.165) is 12.6 Å². The smallest absolute Gasteiger partial charge is 0.00161 e. The quantitative estimate of drug-likeness (QED) is 0.582. The molecule has 0 N–H and O–H groups in total. The molecule has 1 fully saturated rings. The molecule has 1 atom stereocenters. The second kappa shape index (κ2) is 3.94. The molecule has 0 spiro atoms. The van der Waals surface area contributed by atoms with Gasteiger partial charge in [0.1, 0.15) is 0 Å². The van der Waals surface area contributed by atoms with Crippen LogP contribution in [0.15, 0.2) is 0 Å². The molecule has 0 saturated carbocycles. The van der Waals surface area contributed by atoms with E-state index < -0.39 is 0 Å². The van der Waals surface area contributed by atoms with E-state index >= 15 is 0 Å². The lowest BCUT2D eigenvalue weighted by Crippen LogP contribution is -2.31. The van der Waals surface area contributed by atoms with Gasteiger partial charge in [-0.3, -0.25) is 0 Å². The van der Waals surface area contributed by atoms with Crippen LogP contribution in [0.3, 0.4) is 0 Å². The van der Waals surface area contributed by atoms with Crippen LogP contribution in [0.25, 0.3) is 5.32 Å². The maximum Gasteiger partial charge on any atom is -0.00161 e. The summed E-state index contributed by atoms with van der Waals surface area (Å²) < 4.78 is 0. The van der Waals surface area contributed by atoms with E-state index in [1.807, 2.05) is 7.05 Å². The molecule has 1 saturated heterocycles. The summed E-state index contributed by atoms with van der Waals surface area (Å²) in [6.45, 7) is 5.75. The van der Waals surface area contributed by atoms with Gasteiger partial charge in [-0.05, 0) is 32.0 Å². The largest absolute Gasteiger partial charge is 0.664 e. The Morgan fingerprint density at radius 1 is 1.60 bits per heavy atom. The highest BCUT2D eigenvalue weighted by Gasteiger charge is 2.18. The van der Waals surface area contributed by atoms with Crippen molar-refractivity contribution in [3.05, 3.63) is 5.32 Å². The van der Waals surface area contributed by atoms with Crippen molar-refractivity contribution in [1.29, 1.82) is 0 Å². The highest BCUT2D eigenvalue weighted by Crippen LogP contribution is 2.16. The Bertz CT molecular complexity index is 93.3. The monoisotopic (exact) mass is 141 g/mol. The third-order valence-corrected chi connectivity index (χ3v) is 2.30. The first-order valence-electron chi connectivity index (χ1n) is 4.18. The standard InChI is InChI=1S/C8H17N2/c1-3-10-6-4-5-8(10)7-9-2/h8H,3-7H2,1-2H3/q-1. The number of likely N-dealkylation sites (tertiary alicyclic amines) is 1. The predicted octanol–water partition coefficient (Wildman–Crippen LogP) is 1.47. The van der Waals surface area contributed by atoms with Crippen LogP contribution in [0.4, 0.5) is 0 Å². The fourth-order valence-corrected chi connectivity index (χ4v) is 1.73. The van der Waals surface area contributed by atoms with Crippen molar-refractivity contribution in [2.75, 3.05) is 26.7 Å². The molecule has 0 radical (unpaired) electrons. The third-order valence-electron chi connectivity index (χ3n) is 2.30. The van der Waals surface area contributed by atoms with Gasteiger partial charge in [-0.1, -0.05) is 6.92 Å². The Hall–Kier alpha value is -0.0800. The van der Waals surface area contributed by atoms with Crippen LogP contribution >= 0.6 is 0 Å².